The van der Waals surface area contributed by atoms with Crippen molar-refractivity contribution < 1.29 is 38.4 Å². The summed E-state index contributed by atoms with van der Waals surface area (Å²) >= 11 is 0. The molecule has 1 fully saturated rings. The molecular weight excluding hydrogens is 532 g/mol. The van der Waals surface area contributed by atoms with Crippen molar-refractivity contribution in [3.05, 3.63) is 65.5 Å². The number of likely N-dealkylation sites (N-methyl/N-ethyl adjacent to an activating group) is 1. The third-order valence-electron chi connectivity index (χ3n) is 7.93. The molecule has 2 aliphatic heterocycles. The van der Waals surface area contributed by atoms with E-state index >= 15 is 0 Å². The van der Waals surface area contributed by atoms with Crippen molar-refractivity contribution in [3.8, 4) is 11.5 Å². The summed E-state index contributed by atoms with van der Waals surface area (Å²) in [5, 5.41) is 25.6. The monoisotopic (exact) mass is 564 g/mol. The molecule has 216 valence electrons. The number of anilines is 1. The first-order valence-electron chi connectivity index (χ1n) is 13.3. The van der Waals surface area contributed by atoms with Crippen molar-refractivity contribution in [2.75, 3.05) is 32.3 Å². The van der Waals surface area contributed by atoms with Crippen molar-refractivity contribution in [2.45, 2.75) is 44.0 Å². The fraction of sp³-hybridized carbons (Fsp3) is 0.379. The average Bonchev–Trinajstić information content (AvgIpc) is 3.06. The maximum absolute atomic E-state index is 14.6. The maximum Gasteiger partial charge on any atom is 0.407 e. The number of benzene rings is 2. The van der Waals surface area contributed by atoms with Gasteiger partial charge in [-0.15, -0.1) is 0 Å². The normalized spacial score (nSPS) is 18.7. The van der Waals surface area contributed by atoms with Gasteiger partial charge in [0, 0.05) is 31.5 Å². The second-order valence-electron chi connectivity index (χ2n) is 10.2. The van der Waals surface area contributed by atoms with E-state index in [1.54, 1.807) is 48.5 Å². The van der Waals surface area contributed by atoms with Gasteiger partial charge < -0.3 is 34.7 Å². The summed E-state index contributed by atoms with van der Waals surface area (Å²) in [5.74, 6) is -0.329. The number of carbonyl (C=O) groups excluding carboxylic acids is 2. The molecule has 0 aliphatic carbocycles. The van der Waals surface area contributed by atoms with Crippen molar-refractivity contribution in [1.29, 1.82) is 0 Å². The molecule has 2 aliphatic rings. The van der Waals surface area contributed by atoms with E-state index in [0.717, 1.165) is 9.63 Å². The lowest BCUT2D eigenvalue weighted by atomic mass is 9.84. The van der Waals surface area contributed by atoms with Gasteiger partial charge in [-0.1, -0.05) is 24.3 Å². The van der Waals surface area contributed by atoms with Gasteiger partial charge in [0.25, 0.3) is 5.91 Å². The van der Waals surface area contributed by atoms with E-state index in [1.807, 2.05) is 0 Å². The number of hydrogen-bond donors (Lipinski definition) is 2. The highest BCUT2D eigenvalue weighted by Gasteiger charge is 2.52. The van der Waals surface area contributed by atoms with Crippen LogP contribution in [-0.4, -0.2) is 73.0 Å². The van der Waals surface area contributed by atoms with Gasteiger partial charge in [0.1, 0.15) is 23.4 Å². The first-order chi connectivity index (χ1) is 19.7. The molecule has 3 aromatic rings. The topological polar surface area (TPSA) is 145 Å². The fourth-order valence-corrected chi connectivity index (χ4v) is 5.42. The predicted molar refractivity (Wildman–Crippen MR) is 148 cm³/mol. The van der Waals surface area contributed by atoms with Crippen LogP contribution in [0.5, 0.6) is 11.5 Å². The Bertz CT molecular complexity index is 1490. The van der Waals surface area contributed by atoms with E-state index in [2.05, 4.69) is 5.32 Å². The van der Waals surface area contributed by atoms with Gasteiger partial charge in [0.15, 0.2) is 5.75 Å². The molecule has 0 unspecified atom stereocenters. The number of ether oxygens (including phenoxy) is 3. The Morgan fingerprint density at radius 1 is 1.22 bits per heavy atom. The van der Waals surface area contributed by atoms with Crippen LogP contribution in [0.4, 0.5) is 10.5 Å². The lowest BCUT2D eigenvalue weighted by molar-refractivity contribution is -0.577. The highest BCUT2D eigenvalue weighted by atomic mass is 16.5. The summed E-state index contributed by atoms with van der Waals surface area (Å²) in [6.45, 7) is 2.08. The molecule has 5 rings (SSSR count). The Morgan fingerprint density at radius 3 is 2.61 bits per heavy atom. The molecule has 0 bridgehead atoms. The second-order valence-corrected chi connectivity index (χ2v) is 10.2. The number of nitrogens with zero attached hydrogens (tertiary/aromatic N) is 3. The van der Waals surface area contributed by atoms with Crippen LogP contribution in [0.3, 0.4) is 0 Å². The van der Waals surface area contributed by atoms with Gasteiger partial charge in [0.05, 0.1) is 37.9 Å². The van der Waals surface area contributed by atoms with Crippen LogP contribution in [0.25, 0.3) is 10.9 Å². The number of para-hydroxylation sites is 3. The van der Waals surface area contributed by atoms with E-state index in [0.29, 0.717) is 59.7 Å². The summed E-state index contributed by atoms with van der Waals surface area (Å²) in [5.41, 5.74) is 0.357. The highest BCUT2D eigenvalue weighted by molar-refractivity contribution is 6.03. The Morgan fingerprint density at radius 2 is 1.90 bits per heavy atom. The molecule has 2 atom stereocenters. The van der Waals surface area contributed by atoms with Crippen LogP contribution < -0.4 is 24.4 Å². The minimum atomic E-state index is -1.27. The molecule has 12 heteroatoms. The van der Waals surface area contributed by atoms with Crippen LogP contribution >= 0.6 is 0 Å². The SMILES string of the molecule is COc1c[n+]([O-])c2ccccc2c1CN1C(=O)[C@@H](NC(=O)[C@H](C)N(C)C(=O)O)C2(CCOCC2)Oc2ccccc21. The Labute approximate surface area is 236 Å². The van der Waals surface area contributed by atoms with E-state index in [9.17, 15) is 24.7 Å². The van der Waals surface area contributed by atoms with Crippen LogP contribution in [0.15, 0.2) is 54.7 Å². The summed E-state index contributed by atoms with van der Waals surface area (Å²) in [7, 11) is 2.74. The third-order valence-corrected chi connectivity index (χ3v) is 7.93. The van der Waals surface area contributed by atoms with Gasteiger partial charge in [-0.25, -0.2) is 4.79 Å². The van der Waals surface area contributed by atoms with E-state index < -0.39 is 35.6 Å². The van der Waals surface area contributed by atoms with Gasteiger partial charge in [-0.2, -0.15) is 4.73 Å². The number of hydrogen-bond acceptors (Lipinski definition) is 7. The largest absolute Gasteiger partial charge is 0.618 e. The number of fused-ring (bicyclic) bond motifs is 2. The zero-order chi connectivity index (χ0) is 29.3. The number of methoxy groups -OCH3 is 1. The lowest BCUT2D eigenvalue weighted by Gasteiger charge is -2.42. The molecular formula is C29H32N4O8. The molecule has 0 radical (unpaired) electrons. The van der Waals surface area contributed by atoms with Gasteiger partial charge in [0.2, 0.25) is 17.6 Å². The van der Waals surface area contributed by atoms with Crippen LogP contribution in [0.2, 0.25) is 0 Å². The van der Waals surface area contributed by atoms with Crippen LogP contribution in [0, 0.1) is 5.21 Å². The van der Waals surface area contributed by atoms with E-state index in [4.69, 9.17) is 14.2 Å². The molecule has 3 heterocycles. The molecule has 3 amide bonds. The fourth-order valence-electron chi connectivity index (χ4n) is 5.42. The molecule has 1 saturated heterocycles. The molecule has 0 saturated carbocycles. The van der Waals surface area contributed by atoms with E-state index in [1.165, 1.54) is 32.2 Å². The molecule has 12 nitrogen and oxygen atoms in total. The van der Waals surface area contributed by atoms with Crippen molar-refractivity contribution in [2.24, 2.45) is 0 Å². The molecule has 1 spiro atoms. The molecule has 2 N–H and O–H groups in total. The number of pyridine rings is 1. The number of carbonyl (C=O) groups is 3. The van der Waals surface area contributed by atoms with Crippen molar-refractivity contribution in [1.82, 2.24) is 10.2 Å². The van der Waals surface area contributed by atoms with Gasteiger partial charge in [-0.3, -0.25) is 14.5 Å². The standard InChI is InChI=1S/C29H32N4O8/c1-18(31(2)28(36)37)26(34)30-25-27(35)32(16-20-19-8-4-5-9-21(19)33(38)17-24(20)39-3)22-10-6-7-11-23(22)41-29(25)12-14-40-15-13-29/h4-11,17-18,25H,12-16H2,1-3H3,(H,30,34)(H,36,37)/t18-,25+/m0/s1. The van der Waals surface area contributed by atoms with E-state index in [-0.39, 0.29) is 6.54 Å². The zero-order valence-corrected chi connectivity index (χ0v) is 23.0. The minimum absolute atomic E-state index is 0.00721. The quantitative estimate of drug-likeness (QED) is 0.343. The van der Waals surface area contributed by atoms with Gasteiger partial charge >= 0.3 is 6.09 Å². The van der Waals surface area contributed by atoms with Crippen LogP contribution in [-0.2, 0) is 20.9 Å². The number of carboxylic acid groups (broad SMARTS) is 1. The average molecular weight is 565 g/mol. The summed E-state index contributed by atoms with van der Waals surface area (Å²) in [6.07, 6.45) is 0.695. The zero-order valence-electron chi connectivity index (χ0n) is 23.0. The number of rotatable bonds is 6. The summed E-state index contributed by atoms with van der Waals surface area (Å²) in [4.78, 5) is 41.9. The first kappa shape index (κ1) is 28.0. The number of amides is 3. The highest BCUT2D eigenvalue weighted by Crippen LogP contribution is 2.42. The predicted octanol–water partition coefficient (Wildman–Crippen LogP) is 2.44. The lowest BCUT2D eigenvalue weighted by Crippen LogP contribution is -2.65. The molecule has 41 heavy (non-hydrogen) atoms. The molecule has 2 aromatic carbocycles. The van der Waals surface area contributed by atoms with Crippen molar-refractivity contribution in [3.63, 3.8) is 0 Å². The number of aromatic nitrogens is 1. The maximum atomic E-state index is 14.6. The third kappa shape index (κ3) is 5.06. The van der Waals surface area contributed by atoms with Gasteiger partial charge in [-0.05, 0) is 25.1 Å². The Kier molecular flexibility index (Phi) is 7.59. The Hall–Kier alpha value is -4.58. The number of nitrogens with one attached hydrogen (secondary N) is 1. The van der Waals surface area contributed by atoms with Crippen molar-refractivity contribution >= 4 is 34.5 Å². The molecule has 1 aromatic heterocycles. The minimum Gasteiger partial charge on any atom is -0.618 e. The summed E-state index contributed by atoms with van der Waals surface area (Å²) in [6, 6.07) is 11.9. The second kappa shape index (κ2) is 11.1. The Balaban J connectivity index is 1.63. The van der Waals surface area contributed by atoms with Crippen LogP contribution in [0.1, 0.15) is 25.3 Å². The summed E-state index contributed by atoms with van der Waals surface area (Å²) < 4.78 is 18.5. The first-order valence-corrected chi connectivity index (χ1v) is 13.3. The smallest absolute Gasteiger partial charge is 0.407 e.